The highest BCUT2D eigenvalue weighted by Gasteiger charge is 2.46. The number of hydrogen-bond acceptors (Lipinski definition) is 3. The highest BCUT2D eigenvalue weighted by Crippen LogP contribution is 2.49. The van der Waals surface area contributed by atoms with Crippen molar-refractivity contribution >= 4 is 16.9 Å². The first-order chi connectivity index (χ1) is 12.3. The number of benzene rings is 1. The van der Waals surface area contributed by atoms with E-state index in [1.165, 1.54) is 35.7 Å². The number of esters is 1. The molecule has 4 heteroatoms. The number of carbonyl (C=O) groups is 1. The summed E-state index contributed by atoms with van der Waals surface area (Å²) >= 11 is 0. The Morgan fingerprint density at radius 1 is 1.28 bits per heavy atom. The average molecular weight is 338 g/mol. The second-order valence-corrected chi connectivity index (χ2v) is 8.04. The molecule has 3 heterocycles. The van der Waals surface area contributed by atoms with Crippen molar-refractivity contribution < 1.29 is 9.53 Å². The van der Waals surface area contributed by atoms with Crippen molar-refractivity contribution in [3.63, 3.8) is 0 Å². The molecular weight excluding hydrogens is 312 g/mol. The summed E-state index contributed by atoms with van der Waals surface area (Å²) in [4.78, 5) is 18.7. The van der Waals surface area contributed by atoms with Gasteiger partial charge in [-0.1, -0.05) is 24.6 Å². The van der Waals surface area contributed by atoms with Gasteiger partial charge < -0.3 is 9.72 Å². The lowest BCUT2D eigenvalue weighted by molar-refractivity contribution is -0.152. The fourth-order valence-electron chi connectivity index (χ4n) is 5.80. The van der Waals surface area contributed by atoms with Crippen LogP contribution in [-0.2, 0) is 16.0 Å². The molecule has 1 aliphatic carbocycles. The Kier molecular flexibility index (Phi) is 3.63. The molecule has 25 heavy (non-hydrogen) atoms. The van der Waals surface area contributed by atoms with Crippen LogP contribution in [-0.4, -0.2) is 36.1 Å². The van der Waals surface area contributed by atoms with E-state index in [1.807, 2.05) is 0 Å². The third-order valence-electron chi connectivity index (χ3n) is 6.95. The molecule has 0 bridgehead atoms. The number of rotatable bonds is 1. The van der Waals surface area contributed by atoms with Crippen molar-refractivity contribution in [3.8, 4) is 0 Å². The summed E-state index contributed by atoms with van der Waals surface area (Å²) in [6.07, 6.45) is 5.65. The van der Waals surface area contributed by atoms with Crippen LogP contribution in [0.1, 0.15) is 43.0 Å². The number of nitrogens with zero attached hydrogens (tertiary/aromatic N) is 1. The number of piperidine rings is 1. The summed E-state index contributed by atoms with van der Waals surface area (Å²) in [6.45, 7) is 2.28. The van der Waals surface area contributed by atoms with Crippen molar-refractivity contribution in [2.75, 3.05) is 20.2 Å². The molecule has 1 saturated heterocycles. The Hall–Kier alpha value is -1.81. The molecule has 3 aliphatic rings. The van der Waals surface area contributed by atoms with E-state index in [9.17, 15) is 4.79 Å². The molecule has 0 amide bonds. The number of hydrogen-bond donors (Lipinski definition) is 1. The molecule has 2 aliphatic heterocycles. The van der Waals surface area contributed by atoms with E-state index in [2.05, 4.69) is 34.1 Å². The third-order valence-corrected chi connectivity index (χ3v) is 6.95. The van der Waals surface area contributed by atoms with Gasteiger partial charge in [0.2, 0.25) is 0 Å². The number of carbonyl (C=O) groups excluding carboxylic acids is 1. The zero-order chi connectivity index (χ0) is 17.0. The largest absolute Gasteiger partial charge is 0.469 e. The van der Waals surface area contributed by atoms with Gasteiger partial charge in [-0.15, -0.1) is 0 Å². The monoisotopic (exact) mass is 338 g/mol. The lowest BCUT2D eigenvalue weighted by atomic mass is 9.66. The highest BCUT2D eigenvalue weighted by molar-refractivity contribution is 5.85. The van der Waals surface area contributed by atoms with E-state index in [0.29, 0.717) is 17.9 Å². The van der Waals surface area contributed by atoms with Crippen molar-refractivity contribution in [1.82, 2.24) is 9.88 Å². The predicted molar refractivity (Wildman–Crippen MR) is 97.3 cm³/mol. The maximum atomic E-state index is 12.3. The molecule has 132 valence electrons. The Morgan fingerprint density at radius 3 is 3.04 bits per heavy atom. The van der Waals surface area contributed by atoms with E-state index in [0.717, 1.165) is 38.8 Å². The lowest BCUT2D eigenvalue weighted by Crippen LogP contribution is -2.50. The number of para-hydroxylation sites is 1. The Balaban J connectivity index is 1.51. The number of nitrogens with one attached hydrogen (secondary N) is 1. The van der Waals surface area contributed by atoms with E-state index in [4.69, 9.17) is 4.74 Å². The van der Waals surface area contributed by atoms with Gasteiger partial charge in [-0.05, 0) is 49.1 Å². The van der Waals surface area contributed by atoms with Crippen LogP contribution in [0.25, 0.3) is 10.9 Å². The van der Waals surface area contributed by atoms with Crippen LogP contribution in [0.15, 0.2) is 24.3 Å². The van der Waals surface area contributed by atoms with Gasteiger partial charge >= 0.3 is 5.97 Å². The van der Waals surface area contributed by atoms with Crippen molar-refractivity contribution in [1.29, 1.82) is 0 Å². The van der Waals surface area contributed by atoms with Crippen LogP contribution >= 0.6 is 0 Å². The van der Waals surface area contributed by atoms with Crippen LogP contribution in [0.3, 0.4) is 0 Å². The molecule has 1 N–H and O–H groups in total. The number of aromatic nitrogens is 1. The normalized spacial score (nSPS) is 31.9. The summed E-state index contributed by atoms with van der Waals surface area (Å²) < 4.78 is 5.13. The first-order valence-electron chi connectivity index (χ1n) is 9.67. The van der Waals surface area contributed by atoms with E-state index in [1.54, 1.807) is 0 Å². The summed E-state index contributed by atoms with van der Waals surface area (Å²) in [5, 5.41) is 1.38. The van der Waals surface area contributed by atoms with Gasteiger partial charge in [0.05, 0.1) is 19.1 Å². The zero-order valence-electron chi connectivity index (χ0n) is 14.8. The molecule has 0 radical (unpaired) electrons. The van der Waals surface area contributed by atoms with Crippen molar-refractivity contribution in [2.45, 2.75) is 38.1 Å². The smallest absolute Gasteiger partial charge is 0.308 e. The molecule has 1 saturated carbocycles. The third kappa shape index (κ3) is 2.34. The molecule has 5 rings (SSSR count). The van der Waals surface area contributed by atoms with Gasteiger partial charge in [-0.3, -0.25) is 9.69 Å². The minimum atomic E-state index is 0.0100. The minimum Gasteiger partial charge on any atom is -0.469 e. The van der Waals surface area contributed by atoms with Crippen LogP contribution < -0.4 is 0 Å². The molecule has 1 aromatic carbocycles. The Bertz CT molecular complexity index is 811. The maximum absolute atomic E-state index is 12.3. The van der Waals surface area contributed by atoms with E-state index >= 15 is 0 Å². The highest BCUT2D eigenvalue weighted by atomic mass is 16.5. The summed E-state index contributed by atoms with van der Waals surface area (Å²) in [5.74, 6) is 1.23. The zero-order valence-corrected chi connectivity index (χ0v) is 14.8. The molecule has 4 atom stereocenters. The van der Waals surface area contributed by atoms with Crippen LogP contribution in [0.5, 0.6) is 0 Å². The van der Waals surface area contributed by atoms with E-state index < -0.39 is 0 Å². The minimum absolute atomic E-state index is 0.0100. The van der Waals surface area contributed by atoms with Gasteiger partial charge in [0.25, 0.3) is 0 Å². The van der Waals surface area contributed by atoms with Gasteiger partial charge in [0.15, 0.2) is 0 Å². The topological polar surface area (TPSA) is 45.3 Å². The van der Waals surface area contributed by atoms with Crippen LogP contribution in [0, 0.1) is 17.8 Å². The number of methoxy groups -OCH3 is 1. The summed E-state index contributed by atoms with van der Waals surface area (Å²) in [7, 11) is 1.54. The fraction of sp³-hybridized carbons (Fsp3) is 0.571. The summed E-state index contributed by atoms with van der Waals surface area (Å²) in [6, 6.07) is 9.09. The molecule has 3 unspecified atom stereocenters. The van der Waals surface area contributed by atoms with Crippen LogP contribution in [0.4, 0.5) is 0 Å². The second-order valence-electron chi connectivity index (χ2n) is 8.04. The first kappa shape index (κ1) is 15.4. The average Bonchev–Trinajstić information content (AvgIpc) is 3.04. The van der Waals surface area contributed by atoms with Gasteiger partial charge in [-0.2, -0.15) is 0 Å². The SMILES string of the molecule is COC(=O)C1CCC[C@H]2CN3CCc4c([nH]c5ccccc45)C3CC12. The first-order valence-corrected chi connectivity index (χ1v) is 9.67. The number of H-pyrrole nitrogens is 1. The van der Waals surface area contributed by atoms with Gasteiger partial charge in [0.1, 0.15) is 0 Å². The fourth-order valence-corrected chi connectivity index (χ4v) is 5.80. The Labute approximate surface area is 148 Å². The van der Waals surface area contributed by atoms with Crippen molar-refractivity contribution in [3.05, 3.63) is 35.5 Å². The molecular formula is C21H26N2O2. The van der Waals surface area contributed by atoms with Gasteiger partial charge in [0, 0.05) is 29.7 Å². The molecule has 2 fully saturated rings. The molecule has 1 aromatic heterocycles. The van der Waals surface area contributed by atoms with E-state index in [-0.39, 0.29) is 11.9 Å². The molecule has 2 aromatic rings. The summed E-state index contributed by atoms with van der Waals surface area (Å²) in [5.41, 5.74) is 4.16. The predicted octanol–water partition coefficient (Wildman–Crippen LogP) is 3.68. The standard InChI is InChI=1S/C21H26N2O2/c1-25-21(24)16-7-4-5-13-12-23-10-9-15-14-6-2-3-8-18(14)22-20(15)19(23)11-17(13)16/h2-3,6,8,13,16-17,19,22H,4-5,7,9-12H2,1H3/t13-,16?,17?,19?/m0/s1. The number of ether oxygens (including phenoxy) is 1. The Morgan fingerprint density at radius 2 is 2.16 bits per heavy atom. The lowest BCUT2D eigenvalue weighted by Gasteiger charge is -2.49. The maximum Gasteiger partial charge on any atom is 0.308 e. The number of aromatic amines is 1. The van der Waals surface area contributed by atoms with Gasteiger partial charge in [-0.25, -0.2) is 0 Å². The van der Waals surface area contributed by atoms with Crippen molar-refractivity contribution in [2.24, 2.45) is 17.8 Å². The quantitative estimate of drug-likeness (QED) is 0.807. The molecule has 4 nitrogen and oxygen atoms in total. The second kappa shape index (κ2) is 5.87. The van der Waals surface area contributed by atoms with Crippen LogP contribution in [0.2, 0.25) is 0 Å². The molecule has 0 spiro atoms. The number of fused-ring (bicyclic) bond motifs is 6.